The van der Waals surface area contributed by atoms with Gasteiger partial charge in [-0.1, -0.05) is 6.07 Å². The fraction of sp³-hybridized carbons (Fsp3) is 0.333. The molecule has 0 bridgehead atoms. The van der Waals surface area contributed by atoms with Crippen LogP contribution in [0.2, 0.25) is 0 Å². The van der Waals surface area contributed by atoms with E-state index < -0.39 is 6.36 Å². The highest BCUT2D eigenvalue weighted by Crippen LogP contribution is 2.31. The molecule has 2 rings (SSSR count). The predicted molar refractivity (Wildman–Crippen MR) is 72.4 cm³/mol. The van der Waals surface area contributed by atoms with Crippen molar-refractivity contribution in [1.82, 2.24) is 20.1 Å². The Morgan fingerprint density at radius 2 is 2.10 bits per heavy atom. The first-order valence-electron chi connectivity index (χ1n) is 5.93. The van der Waals surface area contributed by atoms with E-state index in [4.69, 9.17) is 0 Å². The molecule has 0 saturated carbocycles. The Hall–Kier alpha value is -1.61. The number of aromatic nitrogens is 3. The Bertz CT molecular complexity index is 615. The maximum absolute atomic E-state index is 12.1. The summed E-state index contributed by atoms with van der Waals surface area (Å²) in [5.41, 5.74) is 0.818. The molecule has 0 fully saturated rings. The summed E-state index contributed by atoms with van der Waals surface area (Å²) < 4.78 is 42.4. The van der Waals surface area contributed by atoms with Crippen LogP contribution in [0, 0.1) is 0 Å². The van der Waals surface area contributed by atoms with E-state index in [2.05, 4.69) is 36.2 Å². The first kappa shape index (κ1) is 15.8. The molecule has 0 saturated heterocycles. The van der Waals surface area contributed by atoms with E-state index >= 15 is 0 Å². The molecule has 21 heavy (non-hydrogen) atoms. The van der Waals surface area contributed by atoms with Gasteiger partial charge in [-0.3, -0.25) is 0 Å². The number of hydrogen-bond acceptors (Lipinski definition) is 4. The summed E-state index contributed by atoms with van der Waals surface area (Å²) in [6.45, 7) is 0.993. The van der Waals surface area contributed by atoms with Crippen LogP contribution in [0.15, 0.2) is 29.0 Å². The second kappa shape index (κ2) is 6.44. The van der Waals surface area contributed by atoms with Crippen molar-refractivity contribution in [2.24, 2.45) is 7.05 Å². The lowest BCUT2D eigenvalue weighted by molar-refractivity contribution is -0.274. The quantitative estimate of drug-likeness (QED) is 0.886. The Morgan fingerprint density at radius 3 is 2.67 bits per heavy atom. The lowest BCUT2D eigenvalue weighted by Gasteiger charge is -2.11. The molecule has 0 amide bonds. The van der Waals surface area contributed by atoms with Crippen molar-refractivity contribution in [3.63, 3.8) is 0 Å². The minimum Gasteiger partial charge on any atom is -0.405 e. The average Bonchev–Trinajstić information content (AvgIpc) is 2.77. The standard InChI is InChI=1S/C12H12BrF3N4O/c1-20-7-18-19-11(20)6-17-5-8-2-3-10(9(13)4-8)21-12(14,15)16/h2-4,7,17H,5-6H2,1H3. The summed E-state index contributed by atoms with van der Waals surface area (Å²) in [6.07, 6.45) is -3.11. The molecule has 5 nitrogen and oxygen atoms in total. The number of ether oxygens (including phenoxy) is 1. The van der Waals surface area contributed by atoms with Crippen LogP contribution in [0.4, 0.5) is 13.2 Å². The van der Waals surface area contributed by atoms with Gasteiger partial charge in [-0.15, -0.1) is 23.4 Å². The van der Waals surface area contributed by atoms with Gasteiger partial charge in [-0.2, -0.15) is 0 Å². The second-order valence-electron chi connectivity index (χ2n) is 4.27. The third-order valence-corrected chi connectivity index (χ3v) is 3.26. The fourth-order valence-electron chi connectivity index (χ4n) is 1.65. The zero-order valence-electron chi connectivity index (χ0n) is 11.0. The van der Waals surface area contributed by atoms with E-state index in [0.29, 0.717) is 13.1 Å². The molecule has 0 aliphatic heterocycles. The number of aryl methyl sites for hydroxylation is 1. The van der Waals surface area contributed by atoms with Crippen molar-refractivity contribution >= 4 is 15.9 Å². The van der Waals surface area contributed by atoms with Crippen LogP contribution in [0.25, 0.3) is 0 Å². The highest BCUT2D eigenvalue weighted by atomic mass is 79.9. The molecule has 114 valence electrons. The fourth-order valence-corrected chi connectivity index (χ4v) is 2.15. The van der Waals surface area contributed by atoms with Crippen LogP contribution in [-0.4, -0.2) is 21.1 Å². The molecule has 0 aliphatic carbocycles. The lowest BCUT2D eigenvalue weighted by atomic mass is 10.2. The maximum Gasteiger partial charge on any atom is 0.573 e. The molecule has 9 heteroatoms. The van der Waals surface area contributed by atoms with Crippen molar-refractivity contribution in [2.75, 3.05) is 0 Å². The van der Waals surface area contributed by atoms with Crippen LogP contribution in [0.5, 0.6) is 5.75 Å². The number of benzene rings is 1. The third-order valence-electron chi connectivity index (χ3n) is 2.64. The van der Waals surface area contributed by atoms with Gasteiger partial charge < -0.3 is 14.6 Å². The van der Waals surface area contributed by atoms with Gasteiger partial charge >= 0.3 is 6.36 Å². The smallest absolute Gasteiger partial charge is 0.405 e. The van der Waals surface area contributed by atoms with Gasteiger partial charge in [-0.05, 0) is 33.6 Å². The number of rotatable bonds is 5. The van der Waals surface area contributed by atoms with E-state index in [1.165, 1.54) is 6.07 Å². The van der Waals surface area contributed by atoms with Crippen LogP contribution in [-0.2, 0) is 20.1 Å². The van der Waals surface area contributed by atoms with Gasteiger partial charge in [0.2, 0.25) is 0 Å². The molecule has 0 radical (unpaired) electrons. The van der Waals surface area contributed by atoms with Gasteiger partial charge in [0, 0.05) is 13.6 Å². The number of halogens is 4. The zero-order chi connectivity index (χ0) is 15.5. The minimum absolute atomic E-state index is 0.248. The number of nitrogens with one attached hydrogen (secondary N) is 1. The van der Waals surface area contributed by atoms with Crippen molar-refractivity contribution < 1.29 is 17.9 Å². The average molecular weight is 365 g/mol. The molecular weight excluding hydrogens is 353 g/mol. The van der Waals surface area contributed by atoms with Crippen molar-refractivity contribution in [3.8, 4) is 5.75 Å². The van der Waals surface area contributed by atoms with Crippen molar-refractivity contribution in [1.29, 1.82) is 0 Å². The summed E-state index contributed by atoms with van der Waals surface area (Å²) in [5.74, 6) is 0.505. The first-order valence-corrected chi connectivity index (χ1v) is 6.72. The van der Waals surface area contributed by atoms with Gasteiger partial charge in [0.05, 0.1) is 11.0 Å². The summed E-state index contributed by atoms with van der Waals surface area (Å²) in [4.78, 5) is 0. The number of hydrogen-bond donors (Lipinski definition) is 1. The Kier molecular flexibility index (Phi) is 4.84. The zero-order valence-corrected chi connectivity index (χ0v) is 12.6. The van der Waals surface area contributed by atoms with Crippen LogP contribution >= 0.6 is 15.9 Å². The van der Waals surface area contributed by atoms with Gasteiger partial charge in [0.15, 0.2) is 0 Å². The minimum atomic E-state index is -4.70. The van der Waals surface area contributed by atoms with Crippen LogP contribution < -0.4 is 10.1 Å². The van der Waals surface area contributed by atoms with Crippen molar-refractivity contribution in [2.45, 2.75) is 19.5 Å². The van der Waals surface area contributed by atoms with Gasteiger partial charge in [0.1, 0.15) is 17.9 Å². The highest BCUT2D eigenvalue weighted by molar-refractivity contribution is 9.10. The summed E-state index contributed by atoms with van der Waals surface area (Å²) >= 11 is 3.06. The maximum atomic E-state index is 12.1. The summed E-state index contributed by atoms with van der Waals surface area (Å²) in [5, 5.41) is 10.8. The topological polar surface area (TPSA) is 52.0 Å². The molecule has 1 aromatic heterocycles. The van der Waals surface area contributed by atoms with Gasteiger partial charge in [-0.25, -0.2) is 0 Å². The molecule has 1 N–H and O–H groups in total. The van der Waals surface area contributed by atoms with Gasteiger partial charge in [0.25, 0.3) is 0 Å². The highest BCUT2D eigenvalue weighted by Gasteiger charge is 2.31. The molecule has 0 atom stereocenters. The molecule has 2 aromatic rings. The number of alkyl halides is 3. The Labute approximate surface area is 127 Å². The number of nitrogens with zero attached hydrogens (tertiary/aromatic N) is 3. The Morgan fingerprint density at radius 1 is 1.33 bits per heavy atom. The third kappa shape index (κ3) is 4.71. The van der Waals surface area contributed by atoms with Crippen molar-refractivity contribution in [3.05, 3.63) is 40.4 Å². The molecule has 0 unspecified atom stereocenters. The van der Waals surface area contributed by atoms with Crippen LogP contribution in [0.1, 0.15) is 11.4 Å². The van der Waals surface area contributed by atoms with E-state index in [1.807, 2.05) is 7.05 Å². The van der Waals surface area contributed by atoms with E-state index in [9.17, 15) is 13.2 Å². The largest absolute Gasteiger partial charge is 0.573 e. The molecule has 1 aromatic carbocycles. The molecular formula is C12H12BrF3N4O. The molecule has 0 spiro atoms. The molecule has 0 aliphatic rings. The van der Waals surface area contributed by atoms with E-state index in [1.54, 1.807) is 23.0 Å². The SMILES string of the molecule is Cn1cnnc1CNCc1ccc(OC(F)(F)F)c(Br)c1. The first-order chi connectivity index (χ1) is 9.85. The Balaban J connectivity index is 1.93. The monoisotopic (exact) mass is 364 g/mol. The van der Waals surface area contributed by atoms with Crippen LogP contribution in [0.3, 0.4) is 0 Å². The second-order valence-corrected chi connectivity index (χ2v) is 5.13. The van der Waals surface area contributed by atoms with E-state index in [0.717, 1.165) is 11.4 Å². The molecule has 1 heterocycles. The van der Waals surface area contributed by atoms with E-state index in [-0.39, 0.29) is 10.2 Å². The predicted octanol–water partition coefficient (Wildman–Crippen LogP) is 2.77. The summed E-state index contributed by atoms with van der Waals surface area (Å²) in [7, 11) is 1.83. The lowest BCUT2D eigenvalue weighted by Crippen LogP contribution is -2.18. The summed E-state index contributed by atoms with van der Waals surface area (Å²) in [6, 6.07) is 4.41. The normalized spacial score (nSPS) is 11.7.